The molecule has 0 spiro atoms. The molecule has 11 heteroatoms. The summed E-state index contributed by atoms with van der Waals surface area (Å²) < 4.78 is 50.7. The number of hydrogen-bond acceptors (Lipinski definition) is 6. The van der Waals surface area contributed by atoms with E-state index in [4.69, 9.17) is 9.47 Å². The van der Waals surface area contributed by atoms with Gasteiger partial charge in [-0.1, -0.05) is 0 Å². The second-order valence-electron chi connectivity index (χ2n) is 6.69. The summed E-state index contributed by atoms with van der Waals surface area (Å²) in [5.74, 6) is -1.19. The molecule has 2 atom stereocenters. The second-order valence-corrected chi connectivity index (χ2v) is 9.39. The Morgan fingerprint density at radius 1 is 1.19 bits per heavy atom. The van der Waals surface area contributed by atoms with Gasteiger partial charge in [-0.3, -0.25) is 14.9 Å². The summed E-state index contributed by atoms with van der Waals surface area (Å²) in [6, 6.07) is 9.76. The van der Waals surface area contributed by atoms with Crippen molar-refractivity contribution in [2.24, 2.45) is 0 Å². The molecule has 0 saturated carbocycles. The van der Waals surface area contributed by atoms with Crippen LogP contribution in [0, 0.1) is 0 Å². The Kier molecular flexibility index (Phi) is 7.36. The minimum absolute atomic E-state index is 0.00921. The van der Waals surface area contributed by atoms with Gasteiger partial charge in [0.05, 0.1) is 4.91 Å². The Bertz CT molecular complexity index is 1090. The number of amides is 2. The molecule has 1 aliphatic rings. The van der Waals surface area contributed by atoms with Crippen LogP contribution in [0.15, 0.2) is 47.4 Å². The van der Waals surface area contributed by atoms with Gasteiger partial charge in [0, 0.05) is 0 Å². The van der Waals surface area contributed by atoms with Crippen LogP contribution in [0.4, 0.5) is 18.0 Å². The van der Waals surface area contributed by atoms with Crippen LogP contribution in [-0.2, 0) is 26.9 Å². The molecule has 2 aromatic carbocycles. The molecule has 3 rings (SSSR count). The topological polar surface area (TPSA) is 81.7 Å². The summed E-state index contributed by atoms with van der Waals surface area (Å²) in [5, 5.41) is 1.47. The summed E-state index contributed by atoms with van der Waals surface area (Å²) in [6.45, 7) is 0. The SMILES string of the molecule is COC(=O)C([AsH2])Cc1ccc(Oc2ccc(C=C3SC(=O)NC3=O)cc2C(F)(F)F)cc1. The molecular weight excluding hydrogens is 510 g/mol. The number of ether oxygens (including phenoxy) is 2. The van der Waals surface area contributed by atoms with Crippen molar-refractivity contribution in [3.63, 3.8) is 0 Å². The molecule has 0 aromatic heterocycles. The van der Waals surface area contributed by atoms with Gasteiger partial charge in [-0.25, -0.2) is 0 Å². The number of carbonyl (C=O) groups excluding carboxylic acids is 3. The van der Waals surface area contributed by atoms with Crippen LogP contribution >= 0.6 is 11.8 Å². The Balaban J connectivity index is 1.82. The predicted molar refractivity (Wildman–Crippen MR) is 115 cm³/mol. The zero-order chi connectivity index (χ0) is 23.5. The van der Waals surface area contributed by atoms with Crippen molar-refractivity contribution in [3.8, 4) is 11.5 Å². The number of esters is 1. The van der Waals surface area contributed by atoms with E-state index < -0.39 is 28.6 Å². The molecule has 1 aliphatic heterocycles. The maximum absolute atomic E-state index is 13.6. The number of thioether (sulfide) groups is 1. The van der Waals surface area contributed by atoms with Gasteiger partial charge in [0.15, 0.2) is 0 Å². The molecule has 2 aromatic rings. The second kappa shape index (κ2) is 9.83. The molecule has 1 heterocycles. The number of rotatable bonds is 6. The van der Waals surface area contributed by atoms with Crippen LogP contribution in [0.1, 0.15) is 16.7 Å². The van der Waals surface area contributed by atoms with Gasteiger partial charge >= 0.3 is 151 Å². The van der Waals surface area contributed by atoms with E-state index >= 15 is 0 Å². The monoisotopic (exact) mass is 527 g/mol. The van der Waals surface area contributed by atoms with E-state index in [1.165, 1.54) is 48.2 Å². The third-order valence-electron chi connectivity index (χ3n) is 4.36. The van der Waals surface area contributed by atoms with Crippen LogP contribution in [0.25, 0.3) is 6.08 Å². The average molecular weight is 527 g/mol. The number of carbonyl (C=O) groups is 3. The molecule has 1 fully saturated rings. The molecular formula is C21H17AsF3NO5S. The van der Waals surface area contributed by atoms with Crippen LogP contribution in [0.3, 0.4) is 0 Å². The molecule has 6 nitrogen and oxygen atoms in total. The van der Waals surface area contributed by atoms with Crippen molar-refractivity contribution in [1.29, 1.82) is 0 Å². The summed E-state index contributed by atoms with van der Waals surface area (Å²) in [6.07, 6.45) is -3.05. The Morgan fingerprint density at radius 3 is 2.44 bits per heavy atom. The average Bonchev–Trinajstić information content (AvgIpc) is 3.05. The van der Waals surface area contributed by atoms with Crippen molar-refractivity contribution in [3.05, 3.63) is 64.1 Å². The molecule has 0 aliphatic carbocycles. The number of alkyl halides is 3. The first-order valence-electron chi connectivity index (χ1n) is 9.13. The van der Waals surface area contributed by atoms with Crippen LogP contribution < -0.4 is 10.1 Å². The van der Waals surface area contributed by atoms with Crippen LogP contribution in [0.2, 0.25) is 4.71 Å². The van der Waals surface area contributed by atoms with Crippen molar-refractivity contribution >= 4 is 51.8 Å². The Morgan fingerprint density at radius 2 is 1.88 bits per heavy atom. The van der Waals surface area contributed by atoms with E-state index in [0.29, 0.717) is 18.2 Å². The van der Waals surface area contributed by atoms with E-state index in [1.807, 2.05) is 5.32 Å². The van der Waals surface area contributed by atoms with Crippen molar-refractivity contribution in [2.45, 2.75) is 17.3 Å². The third-order valence-corrected chi connectivity index (χ3v) is 6.24. The summed E-state index contributed by atoms with van der Waals surface area (Å²) in [4.78, 5) is 34.4. The van der Waals surface area contributed by atoms with E-state index in [-0.39, 0.29) is 26.9 Å². The number of nitrogens with one attached hydrogen (secondary N) is 1. The fourth-order valence-corrected chi connectivity index (χ4v) is 4.37. The van der Waals surface area contributed by atoms with Gasteiger partial charge in [-0.15, -0.1) is 0 Å². The molecule has 2 amide bonds. The standard InChI is InChI=1S/C21H17AsF3NO5S/c1-30-19(28)15(22)9-11-2-5-13(6-3-11)31-16-7-4-12(8-14(16)21(23,24)25)10-17-18(27)26-20(29)32-17/h2-8,10,15H,9,22H2,1H3,(H,26,27,29). The molecule has 2 unspecified atom stereocenters. The Hall–Kier alpha value is -2.71. The van der Waals surface area contributed by atoms with Crippen LogP contribution in [-0.4, -0.2) is 41.1 Å². The van der Waals surface area contributed by atoms with Crippen molar-refractivity contribution < 1.29 is 37.0 Å². The molecule has 1 saturated heterocycles. The summed E-state index contributed by atoms with van der Waals surface area (Å²) in [5.41, 5.74) is -0.101. The quantitative estimate of drug-likeness (QED) is 0.348. The summed E-state index contributed by atoms with van der Waals surface area (Å²) in [7, 11) is 1.31. The van der Waals surface area contributed by atoms with Crippen molar-refractivity contribution in [1.82, 2.24) is 5.32 Å². The Labute approximate surface area is 194 Å². The van der Waals surface area contributed by atoms with E-state index in [2.05, 4.69) is 0 Å². The molecule has 0 radical (unpaired) electrons. The molecule has 0 bridgehead atoms. The fraction of sp³-hybridized carbons (Fsp3) is 0.190. The van der Waals surface area contributed by atoms with Gasteiger partial charge < -0.3 is 0 Å². The van der Waals surface area contributed by atoms with Gasteiger partial charge in [0.2, 0.25) is 0 Å². The molecule has 168 valence electrons. The van der Waals surface area contributed by atoms with E-state index in [0.717, 1.165) is 17.7 Å². The predicted octanol–water partition coefficient (Wildman–Crippen LogP) is 3.96. The zero-order valence-electron chi connectivity index (χ0n) is 16.6. The van der Waals surface area contributed by atoms with E-state index in [9.17, 15) is 27.6 Å². The normalized spacial score (nSPS) is 16.1. The number of hydrogen-bond donors (Lipinski definition) is 1. The van der Waals surface area contributed by atoms with Crippen LogP contribution in [0.5, 0.6) is 11.5 Å². The van der Waals surface area contributed by atoms with Crippen molar-refractivity contribution in [2.75, 3.05) is 7.11 Å². The number of imide groups is 1. The van der Waals surface area contributed by atoms with Gasteiger partial charge in [-0.2, -0.15) is 0 Å². The third kappa shape index (κ3) is 5.95. The van der Waals surface area contributed by atoms with Gasteiger partial charge in [0.25, 0.3) is 11.1 Å². The van der Waals surface area contributed by atoms with E-state index in [1.54, 1.807) is 12.1 Å². The number of benzene rings is 2. The first-order chi connectivity index (χ1) is 15.1. The minimum atomic E-state index is -4.71. The fourth-order valence-electron chi connectivity index (χ4n) is 2.83. The first-order valence-corrected chi connectivity index (χ1v) is 11.3. The molecule has 32 heavy (non-hydrogen) atoms. The summed E-state index contributed by atoms with van der Waals surface area (Å²) >= 11 is 1.84. The van der Waals surface area contributed by atoms with Gasteiger partial charge in [-0.05, 0) is 11.8 Å². The maximum atomic E-state index is 13.6. The zero-order valence-corrected chi connectivity index (χ0v) is 19.8. The van der Waals surface area contributed by atoms with Gasteiger partial charge in [0.1, 0.15) is 0 Å². The number of halogens is 3. The molecule has 1 N–H and O–H groups in total. The first kappa shape index (κ1) is 23.9. The number of methoxy groups -OCH3 is 1.